The van der Waals surface area contributed by atoms with Crippen LogP contribution in [-0.4, -0.2) is 25.0 Å². The lowest BCUT2D eigenvalue weighted by atomic mass is 10.1. The molecular formula is C12H13Cl2NO3. The molecule has 0 fully saturated rings. The average molecular weight is 290 g/mol. The molecule has 1 N–H and O–H groups in total. The largest absolute Gasteiger partial charge is 0.467 e. The first-order valence-electron chi connectivity index (χ1n) is 5.23. The normalized spacial score (nSPS) is 11.8. The van der Waals surface area contributed by atoms with Gasteiger partial charge in [-0.15, -0.1) is 0 Å². The van der Waals surface area contributed by atoms with Crippen molar-refractivity contribution >= 4 is 35.1 Å². The Labute approximate surface area is 115 Å². The van der Waals surface area contributed by atoms with Gasteiger partial charge in [0.05, 0.1) is 17.2 Å². The monoisotopic (exact) mass is 289 g/mol. The molecule has 18 heavy (non-hydrogen) atoms. The summed E-state index contributed by atoms with van der Waals surface area (Å²) in [7, 11) is 1.27. The van der Waals surface area contributed by atoms with Crippen molar-refractivity contribution in [1.29, 1.82) is 0 Å². The lowest BCUT2D eigenvalue weighted by Crippen LogP contribution is -2.41. The van der Waals surface area contributed by atoms with Gasteiger partial charge in [-0.1, -0.05) is 29.3 Å². The molecule has 0 radical (unpaired) electrons. The number of rotatable bonds is 4. The van der Waals surface area contributed by atoms with Gasteiger partial charge in [-0.25, -0.2) is 4.79 Å². The Kier molecular flexibility index (Phi) is 5.44. The maximum atomic E-state index is 11.5. The molecule has 0 bridgehead atoms. The first-order chi connectivity index (χ1) is 8.43. The van der Waals surface area contributed by atoms with Gasteiger partial charge in [0.1, 0.15) is 6.04 Å². The highest BCUT2D eigenvalue weighted by atomic mass is 35.5. The van der Waals surface area contributed by atoms with Gasteiger partial charge < -0.3 is 10.1 Å². The molecule has 0 unspecified atom stereocenters. The topological polar surface area (TPSA) is 55.4 Å². The number of nitrogens with one attached hydrogen (secondary N) is 1. The molecular weight excluding hydrogens is 277 g/mol. The van der Waals surface area contributed by atoms with Gasteiger partial charge in [0.15, 0.2) is 0 Å². The van der Waals surface area contributed by atoms with Crippen LogP contribution in [0.2, 0.25) is 10.0 Å². The first kappa shape index (κ1) is 14.8. The average Bonchev–Trinajstić information content (AvgIpc) is 2.31. The highest BCUT2D eigenvalue weighted by Crippen LogP contribution is 2.23. The molecule has 1 atom stereocenters. The van der Waals surface area contributed by atoms with E-state index in [1.165, 1.54) is 14.0 Å². The van der Waals surface area contributed by atoms with Crippen molar-refractivity contribution in [3.05, 3.63) is 33.8 Å². The van der Waals surface area contributed by atoms with E-state index < -0.39 is 12.0 Å². The van der Waals surface area contributed by atoms with Gasteiger partial charge in [0, 0.05) is 13.3 Å². The fraction of sp³-hybridized carbons (Fsp3) is 0.333. The summed E-state index contributed by atoms with van der Waals surface area (Å²) in [5.41, 5.74) is 0.786. The van der Waals surface area contributed by atoms with Crippen molar-refractivity contribution in [1.82, 2.24) is 5.32 Å². The predicted molar refractivity (Wildman–Crippen MR) is 69.8 cm³/mol. The van der Waals surface area contributed by atoms with Crippen molar-refractivity contribution in [2.24, 2.45) is 0 Å². The van der Waals surface area contributed by atoms with E-state index >= 15 is 0 Å². The fourth-order valence-electron chi connectivity index (χ4n) is 1.48. The van der Waals surface area contributed by atoms with E-state index in [2.05, 4.69) is 10.1 Å². The predicted octanol–water partition coefficient (Wildman–Crippen LogP) is 2.21. The summed E-state index contributed by atoms with van der Waals surface area (Å²) in [6.07, 6.45) is 0.295. The summed E-state index contributed by atoms with van der Waals surface area (Å²) in [6.45, 7) is 1.34. The molecule has 6 heteroatoms. The maximum absolute atomic E-state index is 11.5. The molecule has 4 nitrogen and oxygen atoms in total. The first-order valence-corrected chi connectivity index (χ1v) is 5.98. The summed E-state index contributed by atoms with van der Waals surface area (Å²) in [4.78, 5) is 22.5. The second-order valence-corrected chi connectivity index (χ2v) is 4.54. The molecule has 0 heterocycles. The van der Waals surface area contributed by atoms with Gasteiger partial charge in [-0.3, -0.25) is 4.79 Å². The lowest BCUT2D eigenvalue weighted by molar-refractivity contribution is -0.144. The Morgan fingerprint density at radius 2 is 2.00 bits per heavy atom. The van der Waals surface area contributed by atoms with Crippen LogP contribution >= 0.6 is 23.2 Å². The lowest BCUT2D eigenvalue weighted by Gasteiger charge is -2.15. The Hall–Kier alpha value is -1.26. The van der Waals surface area contributed by atoms with Crippen molar-refractivity contribution in [3.63, 3.8) is 0 Å². The molecule has 0 aliphatic carbocycles. The molecule has 98 valence electrons. The van der Waals surface area contributed by atoms with Crippen LogP contribution < -0.4 is 5.32 Å². The third-order valence-corrected chi connectivity index (χ3v) is 3.03. The molecule has 1 aromatic carbocycles. The summed E-state index contributed by atoms with van der Waals surface area (Å²) in [5, 5.41) is 3.37. The minimum atomic E-state index is -0.732. The SMILES string of the molecule is COC(=O)[C@@H](Cc1ccc(Cl)c(Cl)c1)NC(C)=O. The number of halogens is 2. The van der Waals surface area contributed by atoms with Crippen molar-refractivity contribution in [2.75, 3.05) is 7.11 Å². The van der Waals surface area contributed by atoms with E-state index in [-0.39, 0.29) is 5.91 Å². The zero-order valence-electron chi connectivity index (χ0n) is 10.00. The minimum absolute atomic E-state index is 0.295. The van der Waals surface area contributed by atoms with Gasteiger partial charge in [0.25, 0.3) is 0 Å². The van der Waals surface area contributed by atoms with E-state index in [4.69, 9.17) is 23.2 Å². The second-order valence-electron chi connectivity index (χ2n) is 3.73. The highest BCUT2D eigenvalue weighted by Gasteiger charge is 2.20. The molecule has 0 aliphatic rings. The van der Waals surface area contributed by atoms with Crippen LogP contribution in [-0.2, 0) is 20.7 Å². The van der Waals surface area contributed by atoms with Gasteiger partial charge in [0.2, 0.25) is 5.91 Å². The summed E-state index contributed by atoms with van der Waals surface area (Å²) in [5.74, 6) is -0.804. The van der Waals surface area contributed by atoms with E-state index in [1.807, 2.05) is 0 Å². The fourth-order valence-corrected chi connectivity index (χ4v) is 1.80. The number of methoxy groups -OCH3 is 1. The third-order valence-electron chi connectivity index (χ3n) is 2.29. The number of ether oxygens (including phenoxy) is 1. The number of amides is 1. The number of hydrogen-bond donors (Lipinski definition) is 1. The smallest absolute Gasteiger partial charge is 0.328 e. The van der Waals surface area contributed by atoms with Crippen LogP contribution in [0.15, 0.2) is 18.2 Å². The van der Waals surface area contributed by atoms with E-state index in [9.17, 15) is 9.59 Å². The summed E-state index contributed by atoms with van der Waals surface area (Å²) < 4.78 is 4.63. The third kappa shape index (κ3) is 4.20. The van der Waals surface area contributed by atoms with Crippen LogP contribution in [0.1, 0.15) is 12.5 Å². The standard InChI is InChI=1S/C12H13Cl2NO3/c1-7(16)15-11(12(17)18-2)6-8-3-4-9(13)10(14)5-8/h3-5,11H,6H2,1-2H3,(H,15,16)/t11-/m1/s1. The Morgan fingerprint density at radius 1 is 1.33 bits per heavy atom. The Bertz CT molecular complexity index is 463. The number of benzene rings is 1. The summed E-state index contributed by atoms with van der Waals surface area (Å²) >= 11 is 11.7. The minimum Gasteiger partial charge on any atom is -0.467 e. The van der Waals surface area contributed by atoms with Gasteiger partial charge in [-0.2, -0.15) is 0 Å². The molecule has 0 aliphatic heterocycles. The van der Waals surface area contributed by atoms with Crippen LogP contribution in [0.5, 0.6) is 0 Å². The molecule has 0 saturated carbocycles. The number of carbonyl (C=O) groups is 2. The number of carbonyl (C=O) groups excluding carboxylic acids is 2. The van der Waals surface area contributed by atoms with E-state index in [0.29, 0.717) is 16.5 Å². The molecule has 0 aromatic heterocycles. The zero-order valence-corrected chi connectivity index (χ0v) is 11.5. The molecule has 1 amide bonds. The quantitative estimate of drug-likeness (QED) is 0.865. The van der Waals surface area contributed by atoms with Gasteiger partial charge in [-0.05, 0) is 17.7 Å². The van der Waals surface area contributed by atoms with Crippen molar-refractivity contribution in [3.8, 4) is 0 Å². The number of hydrogen-bond acceptors (Lipinski definition) is 3. The Balaban J connectivity index is 2.85. The van der Waals surface area contributed by atoms with Crippen molar-refractivity contribution in [2.45, 2.75) is 19.4 Å². The van der Waals surface area contributed by atoms with E-state index in [0.717, 1.165) is 5.56 Å². The Morgan fingerprint density at radius 3 is 2.50 bits per heavy atom. The number of esters is 1. The van der Waals surface area contributed by atoms with Gasteiger partial charge >= 0.3 is 5.97 Å². The summed E-state index contributed by atoms with van der Waals surface area (Å²) in [6, 6.07) is 4.30. The van der Waals surface area contributed by atoms with Crippen LogP contribution in [0, 0.1) is 0 Å². The highest BCUT2D eigenvalue weighted by molar-refractivity contribution is 6.42. The molecule has 0 saturated heterocycles. The van der Waals surface area contributed by atoms with Crippen LogP contribution in [0.3, 0.4) is 0 Å². The molecule has 0 spiro atoms. The molecule has 1 rings (SSSR count). The maximum Gasteiger partial charge on any atom is 0.328 e. The van der Waals surface area contributed by atoms with Crippen LogP contribution in [0.4, 0.5) is 0 Å². The van der Waals surface area contributed by atoms with E-state index in [1.54, 1.807) is 18.2 Å². The van der Waals surface area contributed by atoms with Crippen LogP contribution in [0.25, 0.3) is 0 Å². The zero-order chi connectivity index (χ0) is 13.7. The van der Waals surface area contributed by atoms with Crippen molar-refractivity contribution < 1.29 is 14.3 Å². The second kappa shape index (κ2) is 6.61. The molecule has 1 aromatic rings.